The molecule has 1 fully saturated rings. The normalized spacial score (nSPS) is 17.9. The SMILES string of the molecule is CCNC(=NCc1ccc(Cl)nc1)NCCCOCC1CCOC1. The van der Waals surface area contributed by atoms with Crippen LogP contribution in [0.4, 0.5) is 0 Å². The molecule has 1 aliphatic rings. The summed E-state index contributed by atoms with van der Waals surface area (Å²) in [4.78, 5) is 8.61. The minimum atomic E-state index is 0.497. The minimum absolute atomic E-state index is 0.497. The third-order valence-corrected chi connectivity index (χ3v) is 3.91. The van der Waals surface area contributed by atoms with E-state index in [2.05, 4.69) is 20.6 Å². The smallest absolute Gasteiger partial charge is 0.191 e. The summed E-state index contributed by atoms with van der Waals surface area (Å²) in [6.07, 6.45) is 3.81. The van der Waals surface area contributed by atoms with Crippen molar-refractivity contribution in [1.29, 1.82) is 0 Å². The van der Waals surface area contributed by atoms with Gasteiger partial charge in [-0.15, -0.1) is 0 Å². The number of nitrogens with one attached hydrogen (secondary N) is 2. The predicted octanol–water partition coefficient (Wildman–Crippen LogP) is 2.23. The summed E-state index contributed by atoms with van der Waals surface area (Å²) >= 11 is 5.79. The third-order valence-electron chi connectivity index (χ3n) is 3.69. The Labute approximate surface area is 149 Å². The summed E-state index contributed by atoms with van der Waals surface area (Å²) < 4.78 is 11.0. The van der Waals surface area contributed by atoms with Gasteiger partial charge in [0.15, 0.2) is 5.96 Å². The number of nitrogens with zero attached hydrogens (tertiary/aromatic N) is 2. The van der Waals surface area contributed by atoms with E-state index in [0.717, 1.165) is 63.9 Å². The number of pyridine rings is 1. The topological polar surface area (TPSA) is 67.8 Å². The summed E-state index contributed by atoms with van der Waals surface area (Å²) in [5, 5.41) is 7.05. The Morgan fingerprint density at radius 2 is 2.38 bits per heavy atom. The van der Waals surface area contributed by atoms with Gasteiger partial charge < -0.3 is 20.1 Å². The van der Waals surface area contributed by atoms with Gasteiger partial charge in [0, 0.05) is 38.4 Å². The van der Waals surface area contributed by atoms with Crippen LogP contribution in [-0.2, 0) is 16.0 Å². The van der Waals surface area contributed by atoms with E-state index in [1.165, 1.54) is 0 Å². The number of guanidine groups is 1. The fraction of sp³-hybridized carbons (Fsp3) is 0.647. The molecule has 0 saturated carbocycles. The molecule has 0 aliphatic carbocycles. The maximum absolute atomic E-state index is 5.79. The van der Waals surface area contributed by atoms with Crippen molar-refractivity contribution < 1.29 is 9.47 Å². The summed E-state index contributed by atoms with van der Waals surface area (Å²) in [5.74, 6) is 1.38. The summed E-state index contributed by atoms with van der Waals surface area (Å²) in [7, 11) is 0. The van der Waals surface area contributed by atoms with E-state index >= 15 is 0 Å². The standard InChI is InChI=1S/C17H27ClN4O2/c1-2-19-17(22-11-14-4-5-16(18)21-10-14)20-7-3-8-23-12-15-6-9-24-13-15/h4-5,10,15H,2-3,6-9,11-13H2,1H3,(H2,19,20,22). The number of hydrogen-bond donors (Lipinski definition) is 2. The average molecular weight is 355 g/mol. The van der Waals surface area contributed by atoms with Crippen LogP contribution in [0.5, 0.6) is 0 Å². The van der Waals surface area contributed by atoms with Crippen LogP contribution in [0.25, 0.3) is 0 Å². The predicted molar refractivity (Wildman–Crippen MR) is 96.4 cm³/mol. The van der Waals surface area contributed by atoms with Crippen molar-refractivity contribution in [1.82, 2.24) is 15.6 Å². The highest BCUT2D eigenvalue weighted by molar-refractivity contribution is 6.29. The lowest BCUT2D eigenvalue weighted by molar-refractivity contribution is 0.0888. The molecular formula is C17H27ClN4O2. The first kappa shape index (κ1) is 19.0. The van der Waals surface area contributed by atoms with Crippen LogP contribution >= 0.6 is 11.6 Å². The zero-order chi connectivity index (χ0) is 17.0. The monoisotopic (exact) mass is 354 g/mol. The highest BCUT2D eigenvalue weighted by atomic mass is 35.5. The Morgan fingerprint density at radius 1 is 1.46 bits per heavy atom. The number of hydrogen-bond acceptors (Lipinski definition) is 4. The van der Waals surface area contributed by atoms with Gasteiger partial charge in [-0.3, -0.25) is 0 Å². The fourth-order valence-electron chi connectivity index (χ4n) is 2.36. The van der Waals surface area contributed by atoms with Gasteiger partial charge in [-0.25, -0.2) is 9.98 Å². The molecular weight excluding hydrogens is 328 g/mol. The van der Waals surface area contributed by atoms with E-state index in [1.807, 2.05) is 13.0 Å². The Morgan fingerprint density at radius 3 is 3.08 bits per heavy atom. The molecule has 0 spiro atoms. The molecule has 1 saturated heterocycles. The fourth-order valence-corrected chi connectivity index (χ4v) is 2.47. The number of rotatable bonds is 9. The molecule has 134 valence electrons. The molecule has 1 atom stereocenters. The molecule has 1 unspecified atom stereocenters. The maximum atomic E-state index is 5.79. The van der Waals surface area contributed by atoms with Crippen LogP contribution < -0.4 is 10.6 Å². The highest BCUT2D eigenvalue weighted by Gasteiger charge is 2.15. The zero-order valence-corrected chi connectivity index (χ0v) is 15.0. The summed E-state index contributed by atoms with van der Waals surface area (Å²) in [5.41, 5.74) is 1.03. The molecule has 2 N–H and O–H groups in total. The first-order chi connectivity index (χ1) is 11.8. The molecule has 1 aromatic rings. The second-order valence-corrected chi connectivity index (χ2v) is 6.16. The van der Waals surface area contributed by atoms with Crippen molar-refractivity contribution in [3.05, 3.63) is 29.0 Å². The van der Waals surface area contributed by atoms with Gasteiger partial charge in [0.2, 0.25) is 0 Å². The van der Waals surface area contributed by atoms with Crippen LogP contribution in [0.1, 0.15) is 25.3 Å². The first-order valence-electron chi connectivity index (χ1n) is 8.56. The van der Waals surface area contributed by atoms with E-state index in [1.54, 1.807) is 12.3 Å². The summed E-state index contributed by atoms with van der Waals surface area (Å²) in [6, 6.07) is 3.71. The van der Waals surface area contributed by atoms with Crippen molar-refractivity contribution in [3.8, 4) is 0 Å². The molecule has 1 aliphatic heterocycles. The second-order valence-electron chi connectivity index (χ2n) is 5.77. The summed E-state index contributed by atoms with van der Waals surface area (Å²) in [6.45, 7) is 7.54. The van der Waals surface area contributed by atoms with Gasteiger partial charge in [-0.1, -0.05) is 17.7 Å². The molecule has 24 heavy (non-hydrogen) atoms. The van der Waals surface area contributed by atoms with E-state index in [0.29, 0.717) is 17.6 Å². The Kier molecular flexibility index (Phi) is 8.87. The number of halogens is 1. The molecule has 0 aromatic carbocycles. The molecule has 6 nitrogen and oxygen atoms in total. The molecule has 0 bridgehead atoms. The van der Waals surface area contributed by atoms with E-state index in [-0.39, 0.29) is 0 Å². The Balaban J connectivity index is 1.62. The van der Waals surface area contributed by atoms with Gasteiger partial charge in [0.25, 0.3) is 0 Å². The lowest BCUT2D eigenvalue weighted by atomic mass is 10.1. The van der Waals surface area contributed by atoms with Crippen molar-refractivity contribution in [3.63, 3.8) is 0 Å². The molecule has 0 amide bonds. The lowest BCUT2D eigenvalue weighted by Crippen LogP contribution is -2.38. The largest absolute Gasteiger partial charge is 0.381 e. The van der Waals surface area contributed by atoms with Crippen molar-refractivity contribution in [2.45, 2.75) is 26.3 Å². The number of aliphatic imine (C=N–C) groups is 1. The second kappa shape index (κ2) is 11.2. The van der Waals surface area contributed by atoms with Crippen molar-refractivity contribution in [2.75, 3.05) is 39.5 Å². The third kappa shape index (κ3) is 7.47. The molecule has 2 heterocycles. The van der Waals surface area contributed by atoms with E-state index < -0.39 is 0 Å². The maximum Gasteiger partial charge on any atom is 0.191 e. The van der Waals surface area contributed by atoms with Crippen LogP contribution in [0.3, 0.4) is 0 Å². The number of aromatic nitrogens is 1. The Hall–Kier alpha value is -1.37. The van der Waals surface area contributed by atoms with Crippen LogP contribution in [-0.4, -0.2) is 50.5 Å². The van der Waals surface area contributed by atoms with Crippen molar-refractivity contribution >= 4 is 17.6 Å². The molecule has 0 radical (unpaired) electrons. The van der Waals surface area contributed by atoms with Crippen molar-refractivity contribution in [2.24, 2.45) is 10.9 Å². The van der Waals surface area contributed by atoms with Gasteiger partial charge in [0.05, 0.1) is 19.8 Å². The van der Waals surface area contributed by atoms with E-state index in [9.17, 15) is 0 Å². The quantitative estimate of drug-likeness (QED) is 0.308. The molecule has 7 heteroatoms. The zero-order valence-electron chi connectivity index (χ0n) is 14.3. The van der Waals surface area contributed by atoms with E-state index in [4.69, 9.17) is 21.1 Å². The molecule has 2 rings (SSSR count). The van der Waals surface area contributed by atoms with Crippen LogP contribution in [0.15, 0.2) is 23.3 Å². The number of ether oxygens (including phenoxy) is 2. The first-order valence-corrected chi connectivity index (χ1v) is 8.94. The van der Waals surface area contributed by atoms with Crippen LogP contribution in [0.2, 0.25) is 5.15 Å². The Bertz CT molecular complexity index is 490. The minimum Gasteiger partial charge on any atom is -0.381 e. The van der Waals surface area contributed by atoms with Crippen LogP contribution in [0, 0.1) is 5.92 Å². The van der Waals surface area contributed by atoms with Gasteiger partial charge in [-0.05, 0) is 31.4 Å². The lowest BCUT2D eigenvalue weighted by Gasteiger charge is -2.12. The highest BCUT2D eigenvalue weighted by Crippen LogP contribution is 2.12. The van der Waals surface area contributed by atoms with Gasteiger partial charge in [-0.2, -0.15) is 0 Å². The average Bonchev–Trinajstić information content (AvgIpc) is 3.10. The van der Waals surface area contributed by atoms with Gasteiger partial charge >= 0.3 is 0 Å². The molecule has 1 aromatic heterocycles. The van der Waals surface area contributed by atoms with Gasteiger partial charge in [0.1, 0.15) is 5.15 Å².